The van der Waals surface area contributed by atoms with Crippen LogP contribution in [0.2, 0.25) is 0 Å². The minimum Gasteiger partial charge on any atom is -0.481 e. The van der Waals surface area contributed by atoms with Crippen LogP contribution in [-0.4, -0.2) is 71.1 Å². The van der Waals surface area contributed by atoms with Gasteiger partial charge in [0.2, 0.25) is 5.91 Å². The third-order valence-corrected chi connectivity index (χ3v) is 4.09. The largest absolute Gasteiger partial charge is 0.481 e. The van der Waals surface area contributed by atoms with Crippen LogP contribution >= 0.6 is 0 Å². The fraction of sp³-hybridized carbons (Fsp3) is 0.769. The van der Waals surface area contributed by atoms with E-state index in [9.17, 15) is 14.4 Å². The number of hydrogen-bond donors (Lipinski definition) is 3. The average molecular weight is 298 g/mol. The number of urea groups is 1. The Bertz CT molecular complexity index is 420. The minimum atomic E-state index is -0.947. The molecule has 1 unspecified atom stereocenters. The van der Waals surface area contributed by atoms with Gasteiger partial charge >= 0.3 is 12.0 Å². The van der Waals surface area contributed by atoms with E-state index in [-0.39, 0.29) is 30.8 Å². The Morgan fingerprint density at radius 3 is 2.52 bits per heavy atom. The lowest BCUT2D eigenvalue weighted by molar-refractivity contribution is -0.138. The Labute approximate surface area is 123 Å². The zero-order valence-electron chi connectivity index (χ0n) is 12.0. The zero-order chi connectivity index (χ0) is 15.4. The third-order valence-electron chi connectivity index (χ3n) is 4.09. The summed E-state index contributed by atoms with van der Waals surface area (Å²) in [5.74, 6) is -1.14. The number of nitrogens with zero attached hydrogens (tertiary/aromatic N) is 2. The quantitative estimate of drug-likeness (QED) is 0.614. The van der Waals surface area contributed by atoms with Gasteiger partial charge in [0.15, 0.2) is 0 Å². The van der Waals surface area contributed by atoms with Gasteiger partial charge in [-0.15, -0.1) is 0 Å². The summed E-state index contributed by atoms with van der Waals surface area (Å²) in [5, 5.41) is 11.4. The monoisotopic (exact) mass is 298 g/mol. The molecule has 0 spiro atoms. The predicted molar refractivity (Wildman–Crippen MR) is 74.6 cm³/mol. The third kappa shape index (κ3) is 3.84. The number of carbonyl (C=O) groups excluding carboxylic acids is 2. The van der Waals surface area contributed by atoms with Crippen molar-refractivity contribution in [3.05, 3.63) is 0 Å². The van der Waals surface area contributed by atoms with Crippen LogP contribution in [0.3, 0.4) is 0 Å². The van der Waals surface area contributed by atoms with Gasteiger partial charge in [0.1, 0.15) is 0 Å². The van der Waals surface area contributed by atoms with Crippen LogP contribution in [0, 0.1) is 0 Å². The molecule has 8 heteroatoms. The molecule has 0 radical (unpaired) electrons. The number of aliphatic carboxylic acids is 1. The topological polar surface area (TPSA) is 116 Å². The van der Waals surface area contributed by atoms with Crippen molar-refractivity contribution < 1.29 is 19.5 Å². The van der Waals surface area contributed by atoms with Gasteiger partial charge in [-0.05, 0) is 19.3 Å². The molecule has 2 rings (SSSR count). The van der Waals surface area contributed by atoms with E-state index < -0.39 is 12.0 Å². The number of rotatable bonds is 5. The molecular weight excluding hydrogens is 276 g/mol. The molecule has 2 saturated heterocycles. The summed E-state index contributed by atoms with van der Waals surface area (Å²) in [6.45, 7) is 2.52. The van der Waals surface area contributed by atoms with E-state index in [1.165, 1.54) is 0 Å². The molecule has 2 fully saturated rings. The molecule has 0 aromatic carbocycles. The van der Waals surface area contributed by atoms with Crippen LogP contribution in [0.15, 0.2) is 0 Å². The van der Waals surface area contributed by atoms with Crippen LogP contribution < -0.4 is 11.1 Å². The van der Waals surface area contributed by atoms with Gasteiger partial charge in [-0.1, -0.05) is 0 Å². The van der Waals surface area contributed by atoms with E-state index in [0.29, 0.717) is 19.6 Å². The van der Waals surface area contributed by atoms with Gasteiger partial charge in [-0.25, -0.2) is 4.79 Å². The Morgan fingerprint density at radius 1 is 1.33 bits per heavy atom. The Balaban J connectivity index is 1.78. The zero-order valence-corrected chi connectivity index (χ0v) is 12.0. The summed E-state index contributed by atoms with van der Waals surface area (Å²) in [6, 6.07) is -0.613. The summed E-state index contributed by atoms with van der Waals surface area (Å²) in [4.78, 5) is 37.7. The maximum atomic E-state index is 12.1. The van der Waals surface area contributed by atoms with Gasteiger partial charge in [-0.3, -0.25) is 9.59 Å². The molecule has 8 nitrogen and oxygen atoms in total. The number of carboxylic acid groups (broad SMARTS) is 1. The van der Waals surface area contributed by atoms with Crippen molar-refractivity contribution in [3.8, 4) is 0 Å². The van der Waals surface area contributed by atoms with Crippen molar-refractivity contribution >= 4 is 17.9 Å². The molecule has 3 amide bonds. The number of carbonyl (C=O) groups is 3. The standard InChI is InChI=1S/C13H22N4O4/c14-10(1-2-11(18)19)12(20)16-6-3-9(4-7-16)17-8-5-15-13(17)21/h9-10H,1-8,14H2,(H,15,21)(H,18,19). The number of nitrogens with two attached hydrogens (primary N) is 1. The fourth-order valence-corrected chi connectivity index (χ4v) is 2.87. The van der Waals surface area contributed by atoms with Crippen LogP contribution in [-0.2, 0) is 9.59 Å². The van der Waals surface area contributed by atoms with Crippen molar-refractivity contribution in [2.75, 3.05) is 26.2 Å². The van der Waals surface area contributed by atoms with Crippen molar-refractivity contribution in [1.29, 1.82) is 0 Å². The van der Waals surface area contributed by atoms with E-state index in [4.69, 9.17) is 10.8 Å². The van der Waals surface area contributed by atoms with Crippen LogP contribution in [0.1, 0.15) is 25.7 Å². The van der Waals surface area contributed by atoms with E-state index in [1.54, 1.807) is 4.90 Å². The first-order chi connectivity index (χ1) is 9.99. The molecule has 2 aliphatic heterocycles. The molecule has 1 atom stereocenters. The molecule has 2 heterocycles. The first kappa shape index (κ1) is 15.6. The summed E-state index contributed by atoms with van der Waals surface area (Å²) in [7, 11) is 0. The van der Waals surface area contributed by atoms with Crippen LogP contribution in [0.5, 0.6) is 0 Å². The Hall–Kier alpha value is -1.83. The molecule has 0 bridgehead atoms. The molecule has 2 aliphatic rings. The normalized spacial score (nSPS) is 21.3. The second-order valence-electron chi connectivity index (χ2n) is 5.52. The maximum absolute atomic E-state index is 12.1. The van der Waals surface area contributed by atoms with E-state index in [2.05, 4.69) is 5.32 Å². The summed E-state index contributed by atoms with van der Waals surface area (Å²) in [6.07, 6.45) is 1.54. The SMILES string of the molecule is NC(CCC(=O)O)C(=O)N1CCC(N2CCNC2=O)CC1. The summed E-state index contributed by atoms with van der Waals surface area (Å²) in [5.41, 5.74) is 5.75. The lowest BCUT2D eigenvalue weighted by Crippen LogP contribution is -2.51. The number of nitrogens with one attached hydrogen (secondary N) is 1. The molecular formula is C13H22N4O4. The minimum absolute atomic E-state index is 0.0297. The molecule has 0 aromatic heterocycles. The maximum Gasteiger partial charge on any atom is 0.317 e. The van der Waals surface area contributed by atoms with Crippen LogP contribution in [0.4, 0.5) is 4.79 Å². The number of hydrogen-bond acceptors (Lipinski definition) is 4. The average Bonchev–Trinajstić information content (AvgIpc) is 2.90. The van der Waals surface area contributed by atoms with E-state index in [0.717, 1.165) is 19.4 Å². The molecule has 0 aromatic rings. The van der Waals surface area contributed by atoms with Crippen molar-refractivity contribution in [2.45, 2.75) is 37.8 Å². The Kier molecular flexibility index (Phi) is 5.00. The second-order valence-corrected chi connectivity index (χ2v) is 5.52. The van der Waals surface area contributed by atoms with Gasteiger partial charge in [0, 0.05) is 38.6 Å². The fourth-order valence-electron chi connectivity index (χ4n) is 2.87. The second kappa shape index (κ2) is 6.75. The van der Waals surface area contributed by atoms with Gasteiger partial charge in [0.05, 0.1) is 6.04 Å². The van der Waals surface area contributed by atoms with Gasteiger partial charge in [-0.2, -0.15) is 0 Å². The first-order valence-electron chi connectivity index (χ1n) is 7.29. The van der Waals surface area contributed by atoms with Crippen molar-refractivity contribution in [2.24, 2.45) is 5.73 Å². The molecule has 0 saturated carbocycles. The van der Waals surface area contributed by atoms with Crippen molar-refractivity contribution in [1.82, 2.24) is 15.1 Å². The summed E-state index contributed by atoms with van der Waals surface area (Å²) >= 11 is 0. The highest BCUT2D eigenvalue weighted by Crippen LogP contribution is 2.19. The lowest BCUT2D eigenvalue weighted by Gasteiger charge is -2.37. The highest BCUT2D eigenvalue weighted by molar-refractivity contribution is 5.82. The number of carboxylic acids is 1. The van der Waals surface area contributed by atoms with E-state index in [1.807, 2.05) is 4.90 Å². The lowest BCUT2D eigenvalue weighted by atomic mass is 10.0. The number of likely N-dealkylation sites (tertiary alicyclic amines) is 1. The smallest absolute Gasteiger partial charge is 0.317 e. The summed E-state index contributed by atoms with van der Waals surface area (Å²) < 4.78 is 0. The van der Waals surface area contributed by atoms with Gasteiger partial charge < -0.3 is 26.0 Å². The number of amides is 3. The molecule has 21 heavy (non-hydrogen) atoms. The first-order valence-corrected chi connectivity index (χ1v) is 7.29. The van der Waals surface area contributed by atoms with Crippen LogP contribution in [0.25, 0.3) is 0 Å². The molecule has 118 valence electrons. The van der Waals surface area contributed by atoms with Crippen molar-refractivity contribution in [3.63, 3.8) is 0 Å². The molecule has 4 N–H and O–H groups in total. The number of piperidine rings is 1. The highest BCUT2D eigenvalue weighted by atomic mass is 16.4. The predicted octanol–water partition coefficient (Wildman–Crippen LogP) is -0.805. The Morgan fingerprint density at radius 2 is 2.00 bits per heavy atom. The van der Waals surface area contributed by atoms with E-state index >= 15 is 0 Å². The van der Waals surface area contributed by atoms with Gasteiger partial charge in [0.25, 0.3) is 0 Å². The highest BCUT2D eigenvalue weighted by Gasteiger charge is 2.32. The molecule has 0 aliphatic carbocycles.